The highest BCUT2D eigenvalue weighted by Gasteiger charge is 2.12. The van der Waals surface area contributed by atoms with Crippen LogP contribution in [-0.2, 0) is 11.2 Å². The number of aryl methyl sites for hydroxylation is 1. The Balaban J connectivity index is 1.67. The zero-order chi connectivity index (χ0) is 21.0. The largest absolute Gasteiger partial charge is 0.317 e. The summed E-state index contributed by atoms with van der Waals surface area (Å²) in [6.45, 7) is 4.04. The van der Waals surface area contributed by atoms with Crippen molar-refractivity contribution in [2.45, 2.75) is 20.3 Å². The summed E-state index contributed by atoms with van der Waals surface area (Å²) in [5.74, 6) is -0.290. The molecule has 1 heterocycles. The predicted molar refractivity (Wildman–Crippen MR) is 120 cm³/mol. The lowest BCUT2D eigenvalue weighted by Gasteiger charge is -2.11. The Morgan fingerprint density at radius 2 is 1.90 bits per heavy atom. The molecule has 0 fully saturated rings. The van der Waals surface area contributed by atoms with E-state index in [2.05, 4.69) is 49.8 Å². The molecule has 0 radical (unpaired) electrons. The Hall–Kier alpha value is -3.01. The minimum Gasteiger partial charge on any atom is -0.317 e. The predicted octanol–water partition coefficient (Wildman–Crippen LogP) is 4.30. The van der Waals surface area contributed by atoms with Crippen molar-refractivity contribution in [1.29, 1.82) is 0 Å². The van der Waals surface area contributed by atoms with E-state index in [1.54, 1.807) is 18.3 Å². The smallest absolute Gasteiger partial charge is 0.269 e. The van der Waals surface area contributed by atoms with Gasteiger partial charge in [-0.15, -0.1) is 0 Å². The third-order valence-corrected chi connectivity index (χ3v) is 5.38. The molecule has 1 N–H and O–H groups in total. The molecule has 0 aliphatic carbocycles. The summed E-state index contributed by atoms with van der Waals surface area (Å²) >= 11 is 2.31. The van der Waals surface area contributed by atoms with E-state index in [1.165, 1.54) is 12.1 Å². The molecule has 0 bridgehead atoms. The molecule has 0 aliphatic heterocycles. The van der Waals surface area contributed by atoms with Gasteiger partial charge in [0.15, 0.2) is 0 Å². The second-order valence-corrected chi connectivity index (χ2v) is 7.67. The van der Waals surface area contributed by atoms with Crippen LogP contribution in [-0.4, -0.2) is 21.6 Å². The molecule has 148 valence electrons. The van der Waals surface area contributed by atoms with Gasteiger partial charge in [0.1, 0.15) is 0 Å². The second kappa shape index (κ2) is 8.99. The van der Waals surface area contributed by atoms with Crippen molar-refractivity contribution in [2.24, 2.45) is 5.10 Å². The molecule has 7 nitrogen and oxygen atoms in total. The average Bonchev–Trinajstić information content (AvgIpc) is 2.96. The standard InChI is InChI=1S/C21H19IN4O3/c1-14-11-17(15(2)25(14)20-6-4-3-5-19(20)22)13-23-24-21(27)12-16-7-9-18(10-8-16)26(28)29/h3-11,13H,12H2,1-2H3,(H,24,27)/b23-13-. The molecule has 29 heavy (non-hydrogen) atoms. The van der Waals surface area contributed by atoms with Gasteiger partial charge in [-0.05, 0) is 60.2 Å². The quantitative estimate of drug-likeness (QED) is 0.236. The maximum Gasteiger partial charge on any atom is 0.269 e. The molecule has 3 aromatic rings. The van der Waals surface area contributed by atoms with Crippen LogP contribution in [0, 0.1) is 27.5 Å². The van der Waals surface area contributed by atoms with E-state index >= 15 is 0 Å². The van der Waals surface area contributed by atoms with E-state index in [9.17, 15) is 14.9 Å². The fraction of sp³-hybridized carbons (Fsp3) is 0.143. The second-order valence-electron chi connectivity index (χ2n) is 6.51. The number of benzene rings is 2. The van der Waals surface area contributed by atoms with E-state index < -0.39 is 4.92 Å². The first kappa shape index (κ1) is 20.7. The summed E-state index contributed by atoms with van der Waals surface area (Å²) in [4.78, 5) is 22.3. The van der Waals surface area contributed by atoms with Crippen molar-refractivity contribution in [3.8, 4) is 5.69 Å². The highest BCUT2D eigenvalue weighted by Crippen LogP contribution is 2.23. The summed E-state index contributed by atoms with van der Waals surface area (Å²) in [6.07, 6.45) is 1.72. The molecule has 0 unspecified atom stereocenters. The number of hydrogen-bond acceptors (Lipinski definition) is 4. The number of nitro benzene ring substituents is 1. The van der Waals surface area contributed by atoms with E-state index in [-0.39, 0.29) is 18.0 Å². The van der Waals surface area contributed by atoms with Crippen LogP contribution in [0.1, 0.15) is 22.5 Å². The number of amides is 1. The number of hydrogen-bond donors (Lipinski definition) is 1. The Kier molecular flexibility index (Phi) is 6.42. The van der Waals surface area contributed by atoms with E-state index in [1.807, 2.05) is 32.0 Å². The minimum absolute atomic E-state index is 0.00406. The van der Waals surface area contributed by atoms with Gasteiger partial charge >= 0.3 is 0 Å². The molecule has 2 aromatic carbocycles. The molecular formula is C21H19IN4O3. The number of nitrogens with zero attached hydrogens (tertiary/aromatic N) is 3. The van der Waals surface area contributed by atoms with Crippen LogP contribution in [0.15, 0.2) is 59.7 Å². The first-order valence-electron chi connectivity index (χ1n) is 8.86. The summed E-state index contributed by atoms with van der Waals surface area (Å²) in [7, 11) is 0. The topological polar surface area (TPSA) is 89.5 Å². The Labute approximate surface area is 181 Å². The van der Waals surface area contributed by atoms with Crippen LogP contribution in [0.2, 0.25) is 0 Å². The van der Waals surface area contributed by atoms with Gasteiger partial charge in [-0.25, -0.2) is 5.43 Å². The summed E-state index contributed by atoms with van der Waals surface area (Å²) in [5, 5.41) is 14.7. The number of hydrazone groups is 1. The van der Waals surface area contributed by atoms with Crippen LogP contribution in [0.25, 0.3) is 5.69 Å². The van der Waals surface area contributed by atoms with Gasteiger partial charge < -0.3 is 4.57 Å². The SMILES string of the molecule is Cc1cc(/C=N\NC(=O)Cc2ccc([N+](=O)[O-])cc2)c(C)n1-c1ccccc1I. The van der Waals surface area contributed by atoms with Gasteiger partial charge in [-0.2, -0.15) is 5.10 Å². The van der Waals surface area contributed by atoms with Crippen molar-refractivity contribution < 1.29 is 9.72 Å². The number of non-ortho nitro benzene ring substituents is 1. The van der Waals surface area contributed by atoms with Crippen molar-refractivity contribution in [3.63, 3.8) is 0 Å². The first-order valence-corrected chi connectivity index (χ1v) is 9.94. The number of halogens is 1. The van der Waals surface area contributed by atoms with Gasteiger partial charge in [0, 0.05) is 32.7 Å². The lowest BCUT2D eigenvalue weighted by atomic mass is 10.1. The van der Waals surface area contributed by atoms with Gasteiger partial charge in [0.05, 0.1) is 23.2 Å². The summed E-state index contributed by atoms with van der Waals surface area (Å²) in [5.41, 5.74) is 7.31. The molecule has 0 spiro atoms. The van der Waals surface area contributed by atoms with Crippen LogP contribution in [0.5, 0.6) is 0 Å². The molecule has 0 aliphatic rings. The molecule has 0 saturated carbocycles. The molecule has 3 rings (SSSR count). The highest BCUT2D eigenvalue weighted by atomic mass is 127. The number of aromatic nitrogens is 1. The number of carbonyl (C=O) groups excluding carboxylic acids is 1. The van der Waals surface area contributed by atoms with Crippen molar-refractivity contribution >= 4 is 40.4 Å². The van der Waals surface area contributed by atoms with Crippen molar-refractivity contribution in [2.75, 3.05) is 0 Å². The average molecular weight is 502 g/mol. The molecule has 0 atom stereocenters. The first-order chi connectivity index (χ1) is 13.9. The van der Waals surface area contributed by atoms with E-state index in [0.717, 1.165) is 26.2 Å². The summed E-state index contributed by atoms with van der Waals surface area (Å²) in [6, 6.07) is 16.0. The van der Waals surface area contributed by atoms with Crippen LogP contribution >= 0.6 is 22.6 Å². The maximum atomic E-state index is 12.1. The maximum absolute atomic E-state index is 12.1. The third kappa shape index (κ3) is 4.89. The van der Waals surface area contributed by atoms with Crippen LogP contribution in [0.3, 0.4) is 0 Å². The minimum atomic E-state index is -0.471. The van der Waals surface area contributed by atoms with E-state index in [0.29, 0.717) is 5.56 Å². The number of nitro groups is 1. The number of nitrogens with one attached hydrogen (secondary N) is 1. The Morgan fingerprint density at radius 1 is 1.21 bits per heavy atom. The lowest BCUT2D eigenvalue weighted by Crippen LogP contribution is -2.19. The fourth-order valence-electron chi connectivity index (χ4n) is 3.06. The Morgan fingerprint density at radius 3 is 2.55 bits per heavy atom. The summed E-state index contributed by atoms with van der Waals surface area (Å²) < 4.78 is 3.30. The molecular weight excluding hydrogens is 483 g/mol. The van der Waals surface area contributed by atoms with Gasteiger partial charge in [-0.3, -0.25) is 14.9 Å². The lowest BCUT2D eigenvalue weighted by molar-refractivity contribution is -0.384. The molecule has 1 aromatic heterocycles. The van der Waals surface area contributed by atoms with Crippen LogP contribution in [0.4, 0.5) is 5.69 Å². The molecule has 1 amide bonds. The normalized spacial score (nSPS) is 11.0. The fourth-order valence-corrected chi connectivity index (χ4v) is 3.68. The zero-order valence-corrected chi connectivity index (χ0v) is 18.1. The number of rotatable bonds is 6. The number of carbonyl (C=O) groups is 1. The van der Waals surface area contributed by atoms with Crippen LogP contribution < -0.4 is 5.43 Å². The zero-order valence-electron chi connectivity index (χ0n) is 15.9. The highest BCUT2D eigenvalue weighted by molar-refractivity contribution is 14.1. The molecule has 0 saturated heterocycles. The third-order valence-electron chi connectivity index (χ3n) is 4.47. The monoisotopic (exact) mass is 502 g/mol. The van der Waals surface area contributed by atoms with Crippen molar-refractivity contribution in [1.82, 2.24) is 9.99 Å². The van der Waals surface area contributed by atoms with Gasteiger partial charge in [-0.1, -0.05) is 24.3 Å². The van der Waals surface area contributed by atoms with Gasteiger partial charge in [0.2, 0.25) is 5.91 Å². The van der Waals surface area contributed by atoms with E-state index in [4.69, 9.17) is 0 Å². The Bertz CT molecular complexity index is 1090. The number of para-hydroxylation sites is 1. The van der Waals surface area contributed by atoms with Gasteiger partial charge in [0.25, 0.3) is 5.69 Å². The molecule has 8 heteroatoms. The van der Waals surface area contributed by atoms with Crippen molar-refractivity contribution in [3.05, 3.63) is 90.8 Å².